The lowest BCUT2D eigenvalue weighted by Crippen LogP contribution is -2.60. The number of hydrogen-bond donors (Lipinski definition) is 1. The average molecular weight is 286 g/mol. The Bertz CT molecular complexity index is 582. The predicted octanol–water partition coefficient (Wildman–Crippen LogP) is 2.08. The summed E-state index contributed by atoms with van der Waals surface area (Å²) in [5.74, 6) is 0.741. The van der Waals surface area contributed by atoms with Gasteiger partial charge in [0.25, 0.3) is 0 Å². The molecule has 3 atom stereocenters. The predicted molar refractivity (Wildman–Crippen MR) is 80.1 cm³/mol. The molecule has 2 aliphatic rings. The minimum Gasteiger partial charge on any atom is -0.493 e. The highest BCUT2D eigenvalue weighted by atomic mass is 16.5. The molecule has 0 spiro atoms. The van der Waals surface area contributed by atoms with Crippen LogP contribution in [-0.4, -0.2) is 41.8 Å². The van der Waals surface area contributed by atoms with Crippen LogP contribution in [0.25, 0.3) is 0 Å². The summed E-state index contributed by atoms with van der Waals surface area (Å²) in [7, 11) is 2.07. The Hall–Kier alpha value is -1.57. The number of benzene rings is 1. The summed E-state index contributed by atoms with van der Waals surface area (Å²) < 4.78 is 5.69. The molecule has 1 saturated heterocycles. The Balaban J connectivity index is 2.08. The van der Waals surface area contributed by atoms with Crippen LogP contribution in [0.4, 0.5) is 0 Å². The van der Waals surface area contributed by atoms with Gasteiger partial charge in [0.1, 0.15) is 11.2 Å². The van der Waals surface area contributed by atoms with Crippen LogP contribution in [-0.2, 0) is 5.41 Å². The molecular weight excluding hydrogens is 264 g/mol. The fourth-order valence-electron chi connectivity index (χ4n) is 3.81. The van der Waals surface area contributed by atoms with E-state index in [0.717, 1.165) is 17.9 Å². The second kappa shape index (κ2) is 5.01. The molecule has 0 saturated carbocycles. The molecule has 1 fully saturated rings. The molecule has 0 radical (unpaired) electrons. The van der Waals surface area contributed by atoms with Gasteiger partial charge in [0.15, 0.2) is 0 Å². The summed E-state index contributed by atoms with van der Waals surface area (Å²) in [6, 6.07) is 10.4. The first kappa shape index (κ1) is 14.4. The summed E-state index contributed by atoms with van der Waals surface area (Å²) in [6.07, 6.45) is 1.79. The first-order valence-corrected chi connectivity index (χ1v) is 7.59. The second-order valence-corrected chi connectivity index (χ2v) is 6.43. The van der Waals surface area contributed by atoms with Crippen molar-refractivity contribution >= 4 is 0 Å². The van der Waals surface area contributed by atoms with Crippen molar-refractivity contribution in [3.05, 3.63) is 29.8 Å². The smallest absolute Gasteiger partial charge is 0.124 e. The van der Waals surface area contributed by atoms with E-state index < -0.39 is 11.0 Å². The van der Waals surface area contributed by atoms with E-state index >= 15 is 0 Å². The Morgan fingerprint density at radius 1 is 1.38 bits per heavy atom. The molecule has 1 aromatic carbocycles. The van der Waals surface area contributed by atoms with Crippen LogP contribution in [0.1, 0.15) is 31.7 Å². The molecule has 21 heavy (non-hydrogen) atoms. The van der Waals surface area contributed by atoms with Crippen LogP contribution in [0.2, 0.25) is 0 Å². The average Bonchev–Trinajstić information content (AvgIpc) is 2.50. The molecule has 2 heterocycles. The van der Waals surface area contributed by atoms with Gasteiger partial charge in [-0.25, -0.2) is 0 Å². The van der Waals surface area contributed by atoms with Gasteiger partial charge in [-0.2, -0.15) is 5.26 Å². The zero-order valence-corrected chi connectivity index (χ0v) is 12.7. The van der Waals surface area contributed by atoms with E-state index in [-0.39, 0.29) is 6.04 Å². The van der Waals surface area contributed by atoms with Gasteiger partial charge in [0.2, 0.25) is 0 Å². The summed E-state index contributed by atoms with van der Waals surface area (Å²) in [4.78, 5) is 2.24. The van der Waals surface area contributed by atoms with Crippen molar-refractivity contribution < 1.29 is 9.84 Å². The maximum absolute atomic E-state index is 11.4. The summed E-state index contributed by atoms with van der Waals surface area (Å²) in [5.41, 5.74) is -1.01. The highest BCUT2D eigenvalue weighted by Gasteiger charge is 2.56. The molecule has 3 rings (SSSR count). The largest absolute Gasteiger partial charge is 0.493 e. The van der Waals surface area contributed by atoms with Crippen molar-refractivity contribution in [3.8, 4) is 11.8 Å². The standard InChI is InChI=1S/C17H22N2O2/c1-13-11-17(20,7-9-19(13)2)16(12-18)8-10-21-15-6-4-3-5-14(15)16/h3-6,13,20H,7-11H2,1-2H3. The molecule has 1 aromatic rings. The number of rotatable bonds is 1. The van der Waals surface area contributed by atoms with E-state index in [2.05, 4.69) is 24.9 Å². The maximum Gasteiger partial charge on any atom is 0.124 e. The molecular formula is C17H22N2O2. The van der Waals surface area contributed by atoms with E-state index in [0.29, 0.717) is 25.9 Å². The highest BCUT2D eigenvalue weighted by molar-refractivity contribution is 5.48. The van der Waals surface area contributed by atoms with Crippen molar-refractivity contribution in [3.63, 3.8) is 0 Å². The number of fused-ring (bicyclic) bond motifs is 1. The zero-order valence-electron chi connectivity index (χ0n) is 12.7. The number of piperidine rings is 1. The molecule has 3 unspecified atom stereocenters. The number of aliphatic hydroxyl groups is 1. The normalized spacial score (nSPS) is 36.4. The molecule has 2 aliphatic heterocycles. The first-order chi connectivity index (χ1) is 10.0. The maximum atomic E-state index is 11.4. The van der Waals surface area contributed by atoms with Gasteiger partial charge in [-0.3, -0.25) is 0 Å². The highest BCUT2D eigenvalue weighted by Crippen LogP contribution is 2.50. The minimum absolute atomic E-state index is 0.268. The van der Waals surface area contributed by atoms with Crippen molar-refractivity contribution in [2.75, 3.05) is 20.2 Å². The Kier molecular flexibility index (Phi) is 3.43. The van der Waals surface area contributed by atoms with E-state index in [4.69, 9.17) is 4.74 Å². The van der Waals surface area contributed by atoms with Crippen LogP contribution in [0.5, 0.6) is 5.75 Å². The molecule has 112 valence electrons. The van der Waals surface area contributed by atoms with Gasteiger partial charge in [0, 0.05) is 24.6 Å². The van der Waals surface area contributed by atoms with E-state index in [9.17, 15) is 10.4 Å². The Morgan fingerprint density at radius 3 is 2.86 bits per heavy atom. The van der Waals surface area contributed by atoms with Crippen molar-refractivity contribution in [1.82, 2.24) is 4.90 Å². The van der Waals surface area contributed by atoms with Gasteiger partial charge in [0.05, 0.1) is 18.3 Å². The van der Waals surface area contributed by atoms with E-state index in [1.165, 1.54) is 0 Å². The van der Waals surface area contributed by atoms with Gasteiger partial charge < -0.3 is 14.7 Å². The molecule has 4 nitrogen and oxygen atoms in total. The minimum atomic E-state index is -0.992. The lowest BCUT2D eigenvalue weighted by atomic mass is 9.60. The van der Waals surface area contributed by atoms with Crippen LogP contribution in [0, 0.1) is 11.3 Å². The van der Waals surface area contributed by atoms with Crippen LogP contribution >= 0.6 is 0 Å². The second-order valence-electron chi connectivity index (χ2n) is 6.43. The first-order valence-electron chi connectivity index (χ1n) is 7.59. The molecule has 0 aliphatic carbocycles. The van der Waals surface area contributed by atoms with Crippen molar-refractivity contribution in [1.29, 1.82) is 5.26 Å². The van der Waals surface area contributed by atoms with E-state index in [1.54, 1.807) is 0 Å². The fraction of sp³-hybridized carbons (Fsp3) is 0.588. The molecule has 1 N–H and O–H groups in total. The van der Waals surface area contributed by atoms with Gasteiger partial charge in [-0.1, -0.05) is 18.2 Å². The monoisotopic (exact) mass is 286 g/mol. The van der Waals surface area contributed by atoms with Gasteiger partial charge >= 0.3 is 0 Å². The van der Waals surface area contributed by atoms with Crippen LogP contribution < -0.4 is 4.74 Å². The zero-order chi connectivity index (χ0) is 15.1. The third-order valence-corrected chi connectivity index (χ3v) is 5.33. The lowest BCUT2D eigenvalue weighted by Gasteiger charge is -2.51. The Labute approximate surface area is 125 Å². The quantitative estimate of drug-likeness (QED) is 0.858. The summed E-state index contributed by atoms with van der Waals surface area (Å²) in [6.45, 7) is 3.40. The number of likely N-dealkylation sites (tertiary alicyclic amines) is 1. The topological polar surface area (TPSA) is 56.5 Å². The lowest BCUT2D eigenvalue weighted by molar-refractivity contribution is -0.0872. The number of hydrogen-bond acceptors (Lipinski definition) is 4. The van der Waals surface area contributed by atoms with Crippen molar-refractivity contribution in [2.24, 2.45) is 0 Å². The van der Waals surface area contributed by atoms with Gasteiger partial charge in [-0.15, -0.1) is 0 Å². The summed E-state index contributed by atoms with van der Waals surface area (Å²) in [5, 5.41) is 21.4. The molecule has 4 heteroatoms. The summed E-state index contributed by atoms with van der Waals surface area (Å²) >= 11 is 0. The molecule has 0 aromatic heterocycles. The molecule has 0 amide bonds. The van der Waals surface area contributed by atoms with Gasteiger partial charge in [-0.05, 0) is 32.9 Å². The number of ether oxygens (including phenoxy) is 1. The van der Waals surface area contributed by atoms with Crippen LogP contribution in [0.3, 0.4) is 0 Å². The number of nitriles is 1. The SMILES string of the molecule is CC1CC(O)(C2(C#N)CCOc3ccccc32)CCN1C. The third kappa shape index (κ3) is 2.04. The Morgan fingerprint density at radius 2 is 2.14 bits per heavy atom. The third-order valence-electron chi connectivity index (χ3n) is 5.33. The number of para-hydroxylation sites is 1. The number of nitrogens with zero attached hydrogens (tertiary/aromatic N) is 2. The van der Waals surface area contributed by atoms with Crippen LogP contribution in [0.15, 0.2) is 24.3 Å². The van der Waals surface area contributed by atoms with E-state index in [1.807, 2.05) is 24.3 Å². The molecule has 0 bridgehead atoms. The van der Waals surface area contributed by atoms with Crippen molar-refractivity contribution in [2.45, 2.75) is 43.2 Å². The fourth-order valence-corrected chi connectivity index (χ4v) is 3.81.